The second-order valence-electron chi connectivity index (χ2n) is 8.29. The highest BCUT2D eigenvalue weighted by atomic mass is 16.1. The number of allylic oxidation sites excluding steroid dienone is 6. The average molecular weight is 325 g/mol. The van der Waals surface area contributed by atoms with Gasteiger partial charge < -0.3 is 5.73 Å². The van der Waals surface area contributed by atoms with E-state index in [4.69, 9.17) is 5.73 Å². The molecule has 0 aromatic rings. The van der Waals surface area contributed by atoms with Crippen LogP contribution in [0.1, 0.15) is 40.5 Å². The number of carbonyl (C=O) groups is 2. The summed E-state index contributed by atoms with van der Waals surface area (Å²) >= 11 is 0. The zero-order chi connectivity index (χ0) is 17.9. The van der Waals surface area contributed by atoms with Crippen LogP contribution >= 0.6 is 0 Å². The van der Waals surface area contributed by atoms with E-state index >= 15 is 0 Å². The third-order valence-electron chi connectivity index (χ3n) is 7.10. The number of rotatable bonds is 3. The lowest BCUT2D eigenvalue weighted by atomic mass is 9.70. The van der Waals surface area contributed by atoms with E-state index in [0.29, 0.717) is 11.4 Å². The van der Waals surface area contributed by atoms with Crippen molar-refractivity contribution in [2.75, 3.05) is 0 Å². The number of nitrogens with two attached hydrogens (primary N) is 1. The summed E-state index contributed by atoms with van der Waals surface area (Å²) in [7, 11) is 0. The standard InChI is InChI=1S/C21H27NO2/c1-12(13(2)19(22)24)14-8-6-7-9-15(14)17-16-10-11-21(5,18(17)23)20(16,3)4/h6-9,12,14,16H,2,10-11H2,1,3-5H3,(H2,22,24). The number of fused-ring (bicyclic) bond motifs is 2. The number of ketones is 1. The number of primary amides is 1. The minimum atomic E-state index is -0.471. The van der Waals surface area contributed by atoms with Gasteiger partial charge in [0.1, 0.15) is 0 Å². The number of hydrogen-bond acceptors (Lipinski definition) is 2. The highest BCUT2D eigenvalue weighted by Gasteiger charge is 2.64. The van der Waals surface area contributed by atoms with E-state index < -0.39 is 5.91 Å². The van der Waals surface area contributed by atoms with Gasteiger partial charge in [-0.1, -0.05) is 58.6 Å². The number of hydrogen-bond donors (Lipinski definition) is 1. The highest BCUT2D eigenvalue weighted by molar-refractivity contribution is 6.06. The summed E-state index contributed by atoms with van der Waals surface area (Å²) < 4.78 is 0. The Hall–Kier alpha value is -1.90. The molecule has 0 aliphatic heterocycles. The molecular weight excluding hydrogens is 298 g/mol. The lowest BCUT2D eigenvalue weighted by Gasteiger charge is -2.31. The molecule has 128 valence electrons. The number of amides is 1. The van der Waals surface area contributed by atoms with E-state index in [1.54, 1.807) is 0 Å². The van der Waals surface area contributed by atoms with E-state index in [2.05, 4.69) is 33.4 Å². The maximum absolute atomic E-state index is 13.2. The summed E-state index contributed by atoms with van der Waals surface area (Å²) in [5.74, 6) is -0.0265. The van der Waals surface area contributed by atoms with Crippen molar-refractivity contribution in [3.05, 3.63) is 47.6 Å². The van der Waals surface area contributed by atoms with Crippen LogP contribution in [-0.2, 0) is 9.59 Å². The molecule has 24 heavy (non-hydrogen) atoms. The fourth-order valence-corrected chi connectivity index (χ4v) is 4.90. The first-order valence-corrected chi connectivity index (χ1v) is 8.75. The smallest absolute Gasteiger partial charge is 0.244 e. The van der Waals surface area contributed by atoms with Gasteiger partial charge in [0.05, 0.1) is 0 Å². The monoisotopic (exact) mass is 325 g/mol. The van der Waals surface area contributed by atoms with E-state index in [1.165, 1.54) is 0 Å². The molecule has 2 saturated carbocycles. The Labute approximate surface area is 144 Å². The first kappa shape index (κ1) is 16.9. The van der Waals surface area contributed by atoms with E-state index in [1.807, 2.05) is 25.2 Å². The Morgan fingerprint density at radius 1 is 1.33 bits per heavy atom. The Morgan fingerprint density at radius 2 is 2.00 bits per heavy atom. The molecule has 4 unspecified atom stereocenters. The summed E-state index contributed by atoms with van der Waals surface area (Å²) in [6.07, 6.45) is 10.1. The third-order valence-corrected chi connectivity index (χ3v) is 7.10. The average Bonchev–Trinajstić information content (AvgIpc) is 2.85. The van der Waals surface area contributed by atoms with Crippen molar-refractivity contribution >= 4 is 11.7 Å². The summed E-state index contributed by atoms with van der Waals surface area (Å²) in [4.78, 5) is 24.8. The van der Waals surface area contributed by atoms with Gasteiger partial charge in [-0.15, -0.1) is 0 Å². The molecule has 0 aromatic heterocycles. The van der Waals surface area contributed by atoms with Gasteiger partial charge in [-0.2, -0.15) is 0 Å². The lowest BCUT2D eigenvalue weighted by molar-refractivity contribution is -0.125. The molecule has 0 saturated heterocycles. The first-order chi connectivity index (χ1) is 11.1. The van der Waals surface area contributed by atoms with Crippen LogP contribution in [0.5, 0.6) is 0 Å². The summed E-state index contributed by atoms with van der Waals surface area (Å²) in [6, 6.07) is 0. The fraction of sp³-hybridized carbons (Fsp3) is 0.524. The predicted molar refractivity (Wildman–Crippen MR) is 95.9 cm³/mol. The third kappa shape index (κ3) is 2.03. The molecule has 0 heterocycles. The Balaban J connectivity index is 2.10. The van der Waals surface area contributed by atoms with Gasteiger partial charge in [-0.05, 0) is 35.7 Å². The van der Waals surface area contributed by atoms with E-state index in [0.717, 1.165) is 24.0 Å². The second-order valence-corrected chi connectivity index (χ2v) is 8.29. The van der Waals surface area contributed by atoms with Crippen LogP contribution in [0.2, 0.25) is 0 Å². The Bertz CT molecular complexity index is 722. The van der Waals surface area contributed by atoms with Gasteiger partial charge in [0.15, 0.2) is 5.78 Å². The fourth-order valence-electron chi connectivity index (χ4n) is 4.90. The zero-order valence-electron chi connectivity index (χ0n) is 15.1. The summed E-state index contributed by atoms with van der Waals surface area (Å²) in [5.41, 5.74) is 7.58. The van der Waals surface area contributed by atoms with Crippen LogP contribution in [-0.4, -0.2) is 11.7 Å². The van der Waals surface area contributed by atoms with Crippen LogP contribution in [0.3, 0.4) is 0 Å². The van der Waals surface area contributed by atoms with Gasteiger partial charge in [-0.3, -0.25) is 9.59 Å². The molecule has 3 aliphatic carbocycles. The molecule has 0 aromatic carbocycles. The van der Waals surface area contributed by atoms with Gasteiger partial charge in [0.2, 0.25) is 5.91 Å². The molecule has 3 nitrogen and oxygen atoms in total. The second kappa shape index (κ2) is 5.30. The van der Waals surface area contributed by atoms with Crippen LogP contribution in [0, 0.1) is 28.6 Å². The van der Waals surface area contributed by atoms with Crippen molar-refractivity contribution in [1.29, 1.82) is 0 Å². The van der Waals surface area contributed by atoms with Crippen LogP contribution in [0.15, 0.2) is 47.6 Å². The molecule has 3 rings (SSSR count). The molecule has 0 radical (unpaired) electrons. The van der Waals surface area contributed by atoms with Gasteiger partial charge in [0, 0.05) is 22.5 Å². The van der Waals surface area contributed by atoms with Crippen molar-refractivity contribution in [3.8, 4) is 0 Å². The van der Waals surface area contributed by atoms with Crippen LogP contribution in [0.25, 0.3) is 0 Å². The first-order valence-electron chi connectivity index (χ1n) is 8.75. The largest absolute Gasteiger partial charge is 0.366 e. The van der Waals surface area contributed by atoms with Crippen molar-refractivity contribution in [2.24, 2.45) is 34.3 Å². The molecule has 0 spiro atoms. The van der Waals surface area contributed by atoms with Crippen LogP contribution < -0.4 is 5.73 Å². The van der Waals surface area contributed by atoms with Crippen molar-refractivity contribution in [2.45, 2.75) is 40.5 Å². The SMILES string of the molecule is C=C(C(N)=O)C(C)C1C=CC=CC1=C1C(=O)C2(C)CCC1C2(C)C. The molecule has 2 bridgehead atoms. The molecule has 4 atom stereocenters. The van der Waals surface area contributed by atoms with Crippen molar-refractivity contribution < 1.29 is 9.59 Å². The molecule has 3 aliphatic rings. The van der Waals surface area contributed by atoms with Gasteiger partial charge >= 0.3 is 0 Å². The number of Topliss-reactive ketones (excluding diaryl/α,β-unsaturated/α-hetero) is 1. The lowest BCUT2D eigenvalue weighted by Crippen LogP contribution is -2.32. The predicted octanol–water partition coefficient (Wildman–Crippen LogP) is 3.73. The molecule has 2 fully saturated rings. The summed E-state index contributed by atoms with van der Waals surface area (Å²) in [6.45, 7) is 12.4. The summed E-state index contributed by atoms with van der Waals surface area (Å²) in [5, 5.41) is 0. The Morgan fingerprint density at radius 3 is 2.54 bits per heavy atom. The maximum Gasteiger partial charge on any atom is 0.244 e. The number of carbonyl (C=O) groups excluding carboxylic acids is 2. The highest BCUT2D eigenvalue weighted by Crippen LogP contribution is 2.66. The molecular formula is C21H27NO2. The van der Waals surface area contributed by atoms with Gasteiger partial charge in [-0.25, -0.2) is 0 Å². The normalized spacial score (nSPS) is 37.8. The minimum absolute atomic E-state index is 0.0180. The van der Waals surface area contributed by atoms with Crippen LogP contribution in [0.4, 0.5) is 0 Å². The maximum atomic E-state index is 13.2. The molecule has 3 heteroatoms. The van der Waals surface area contributed by atoms with Crippen molar-refractivity contribution in [3.63, 3.8) is 0 Å². The van der Waals surface area contributed by atoms with E-state index in [-0.39, 0.29) is 28.6 Å². The van der Waals surface area contributed by atoms with Crippen molar-refractivity contribution in [1.82, 2.24) is 0 Å². The minimum Gasteiger partial charge on any atom is -0.366 e. The van der Waals surface area contributed by atoms with Gasteiger partial charge in [0.25, 0.3) is 0 Å². The molecule has 2 N–H and O–H groups in total. The topological polar surface area (TPSA) is 60.2 Å². The molecule has 1 amide bonds. The zero-order valence-corrected chi connectivity index (χ0v) is 15.1. The quantitative estimate of drug-likeness (QED) is 0.804. The Kier molecular flexibility index (Phi) is 3.74. The van der Waals surface area contributed by atoms with E-state index in [9.17, 15) is 9.59 Å².